The van der Waals surface area contributed by atoms with Crippen molar-refractivity contribution in [3.63, 3.8) is 0 Å². The monoisotopic (exact) mass is 438 g/mol. The van der Waals surface area contributed by atoms with Crippen LogP contribution in [-0.4, -0.2) is 62.3 Å². The summed E-state index contributed by atoms with van der Waals surface area (Å²) in [6, 6.07) is 6.76. The molecule has 11 heteroatoms. The molecule has 3 heterocycles. The number of rotatable bonds is 8. The van der Waals surface area contributed by atoms with Crippen molar-refractivity contribution in [1.82, 2.24) is 25.0 Å². The number of amides is 1. The number of likely N-dealkylation sites (tertiary alicyclic amines) is 1. The maximum absolute atomic E-state index is 11.9. The molecule has 1 atom stereocenters. The summed E-state index contributed by atoms with van der Waals surface area (Å²) in [6.07, 6.45) is 4.67. The highest BCUT2D eigenvalue weighted by atomic mass is 16.5. The van der Waals surface area contributed by atoms with Crippen molar-refractivity contribution in [1.29, 1.82) is 0 Å². The molecule has 0 saturated carbocycles. The molecule has 2 aromatic heterocycles. The van der Waals surface area contributed by atoms with Gasteiger partial charge in [-0.2, -0.15) is 4.98 Å². The second-order valence-electron chi connectivity index (χ2n) is 7.35. The highest BCUT2D eigenvalue weighted by Gasteiger charge is 2.31. The van der Waals surface area contributed by atoms with Crippen molar-refractivity contribution in [2.45, 2.75) is 25.4 Å². The van der Waals surface area contributed by atoms with E-state index in [0.29, 0.717) is 18.0 Å². The molecule has 4 rings (SSSR count). The summed E-state index contributed by atoms with van der Waals surface area (Å²) in [5, 5.41) is 15.8. The normalized spacial score (nSPS) is 16.2. The highest BCUT2D eigenvalue weighted by Crippen LogP contribution is 2.34. The summed E-state index contributed by atoms with van der Waals surface area (Å²) >= 11 is 0. The fraction of sp³-hybridized carbons (Fsp3) is 0.333. The largest absolute Gasteiger partial charge is 0.478 e. The average Bonchev–Trinajstić information content (AvgIpc) is 3.44. The van der Waals surface area contributed by atoms with Crippen LogP contribution in [-0.2, 0) is 16.1 Å². The first-order valence-electron chi connectivity index (χ1n) is 10.0. The Morgan fingerprint density at radius 2 is 2.12 bits per heavy atom. The Labute approximate surface area is 183 Å². The molecule has 0 radical (unpaired) electrons. The van der Waals surface area contributed by atoms with Gasteiger partial charge in [0.1, 0.15) is 18.8 Å². The zero-order valence-electron chi connectivity index (χ0n) is 17.4. The first-order chi connectivity index (χ1) is 15.5. The molecule has 1 amide bonds. The van der Waals surface area contributed by atoms with Gasteiger partial charge in [0.05, 0.1) is 17.2 Å². The third-order valence-electron chi connectivity index (χ3n) is 5.16. The van der Waals surface area contributed by atoms with Crippen LogP contribution in [0.25, 0.3) is 11.4 Å². The van der Waals surface area contributed by atoms with Gasteiger partial charge in [-0.3, -0.25) is 9.69 Å². The lowest BCUT2D eigenvalue weighted by atomic mass is 10.1. The molecule has 1 aliphatic rings. The van der Waals surface area contributed by atoms with Gasteiger partial charge in [-0.15, -0.1) is 0 Å². The molecule has 166 valence electrons. The summed E-state index contributed by atoms with van der Waals surface area (Å²) in [6.45, 7) is 1.39. The average molecular weight is 438 g/mol. The number of carbonyl (C=O) groups excluding carboxylic acids is 1. The minimum atomic E-state index is -0.948. The molecular formula is C21H22N6O5. The van der Waals surface area contributed by atoms with Crippen molar-refractivity contribution >= 4 is 17.7 Å². The third kappa shape index (κ3) is 4.79. The Morgan fingerprint density at radius 3 is 2.88 bits per heavy atom. The predicted molar refractivity (Wildman–Crippen MR) is 112 cm³/mol. The predicted octanol–water partition coefficient (Wildman–Crippen LogP) is 2.15. The molecule has 1 aliphatic heterocycles. The lowest BCUT2D eigenvalue weighted by Crippen LogP contribution is -2.23. The van der Waals surface area contributed by atoms with E-state index >= 15 is 0 Å². The number of carboxylic acid groups (broad SMARTS) is 1. The number of nitrogens with one attached hydrogen (secondary N) is 1. The van der Waals surface area contributed by atoms with Crippen molar-refractivity contribution in [3.8, 4) is 11.4 Å². The number of methoxy groups -OCH3 is 1. The van der Waals surface area contributed by atoms with Gasteiger partial charge >= 0.3 is 5.97 Å². The van der Waals surface area contributed by atoms with Gasteiger partial charge < -0.3 is 19.7 Å². The lowest BCUT2D eigenvalue weighted by molar-refractivity contribution is -0.119. The highest BCUT2D eigenvalue weighted by molar-refractivity contribution is 5.93. The van der Waals surface area contributed by atoms with Crippen LogP contribution in [0.1, 0.15) is 40.7 Å². The smallest absolute Gasteiger partial charge is 0.335 e. The van der Waals surface area contributed by atoms with E-state index in [0.717, 1.165) is 24.9 Å². The maximum Gasteiger partial charge on any atom is 0.335 e. The van der Waals surface area contributed by atoms with Crippen LogP contribution < -0.4 is 5.32 Å². The molecule has 11 nitrogen and oxygen atoms in total. The van der Waals surface area contributed by atoms with Crippen LogP contribution in [0.4, 0.5) is 5.82 Å². The van der Waals surface area contributed by atoms with Crippen LogP contribution in [0.15, 0.2) is 41.3 Å². The molecule has 0 unspecified atom stereocenters. The first-order valence-corrected chi connectivity index (χ1v) is 10.0. The standard InChI is InChI=1S/C21H22N6O5/c1-31-11-17(28)24-18-15(9-22-12-23-18)19-25-20(32-26-19)16-3-2-8-27(16)10-13-4-6-14(7-5-13)21(29)30/h4-7,9,12,16H,2-3,8,10-11H2,1H3,(H,29,30)(H,22,23,24,28)/t16-/m1/s1. The molecular weight excluding hydrogens is 416 g/mol. The van der Waals surface area contributed by atoms with Crippen LogP contribution in [0.2, 0.25) is 0 Å². The molecule has 1 aromatic carbocycles. The summed E-state index contributed by atoms with van der Waals surface area (Å²) < 4.78 is 10.4. The van der Waals surface area contributed by atoms with E-state index in [1.807, 2.05) is 12.1 Å². The van der Waals surface area contributed by atoms with E-state index < -0.39 is 5.97 Å². The molecule has 0 aliphatic carbocycles. The number of hydrogen-bond acceptors (Lipinski definition) is 9. The number of ether oxygens (including phenoxy) is 1. The van der Waals surface area contributed by atoms with Gasteiger partial charge in [0.2, 0.25) is 11.7 Å². The van der Waals surface area contributed by atoms with Crippen LogP contribution in [0.5, 0.6) is 0 Å². The van der Waals surface area contributed by atoms with Crippen molar-refractivity contribution in [2.75, 3.05) is 25.6 Å². The van der Waals surface area contributed by atoms with Crippen molar-refractivity contribution in [2.24, 2.45) is 0 Å². The van der Waals surface area contributed by atoms with E-state index in [2.05, 4.69) is 30.3 Å². The summed E-state index contributed by atoms with van der Waals surface area (Å²) in [5.74, 6) is -0.274. The molecule has 32 heavy (non-hydrogen) atoms. The van der Waals surface area contributed by atoms with Gasteiger partial charge in [-0.05, 0) is 37.1 Å². The zero-order chi connectivity index (χ0) is 22.5. The maximum atomic E-state index is 11.9. The second-order valence-corrected chi connectivity index (χ2v) is 7.35. The van der Waals surface area contributed by atoms with Crippen molar-refractivity contribution < 1.29 is 24.0 Å². The fourth-order valence-corrected chi connectivity index (χ4v) is 3.65. The van der Waals surface area contributed by atoms with Gasteiger partial charge in [-0.1, -0.05) is 17.3 Å². The number of anilines is 1. The van der Waals surface area contributed by atoms with Gasteiger partial charge in [0.15, 0.2) is 0 Å². The zero-order valence-corrected chi connectivity index (χ0v) is 17.4. The lowest BCUT2D eigenvalue weighted by Gasteiger charge is -2.21. The number of benzene rings is 1. The number of aromatic carboxylic acids is 1. The quantitative estimate of drug-likeness (QED) is 0.537. The van der Waals surface area contributed by atoms with E-state index in [1.165, 1.54) is 19.6 Å². The SMILES string of the molecule is COCC(=O)Nc1ncncc1-c1noc([C@H]2CCCN2Cc2ccc(C(=O)O)cc2)n1. The summed E-state index contributed by atoms with van der Waals surface area (Å²) in [7, 11) is 1.43. The van der Waals surface area contributed by atoms with Crippen LogP contribution >= 0.6 is 0 Å². The van der Waals surface area contributed by atoms with E-state index in [4.69, 9.17) is 14.4 Å². The molecule has 3 aromatic rings. The summed E-state index contributed by atoms with van der Waals surface area (Å²) in [4.78, 5) is 37.8. The third-order valence-corrected chi connectivity index (χ3v) is 5.16. The van der Waals surface area contributed by atoms with Crippen molar-refractivity contribution in [3.05, 3.63) is 53.8 Å². The molecule has 0 bridgehead atoms. The van der Waals surface area contributed by atoms with Gasteiger partial charge in [0, 0.05) is 19.9 Å². The number of aromatic nitrogens is 4. The molecule has 2 N–H and O–H groups in total. The van der Waals surface area contributed by atoms with Crippen LogP contribution in [0.3, 0.4) is 0 Å². The minimum Gasteiger partial charge on any atom is -0.478 e. The number of hydrogen-bond donors (Lipinski definition) is 2. The minimum absolute atomic E-state index is 0.0634. The first kappa shape index (κ1) is 21.5. The fourth-order valence-electron chi connectivity index (χ4n) is 3.65. The number of nitrogens with zero attached hydrogens (tertiary/aromatic N) is 5. The van der Waals surface area contributed by atoms with E-state index in [1.54, 1.807) is 12.1 Å². The Kier molecular flexibility index (Phi) is 6.47. The molecule has 0 spiro atoms. The molecule has 1 saturated heterocycles. The van der Waals surface area contributed by atoms with E-state index in [-0.39, 0.29) is 35.8 Å². The van der Waals surface area contributed by atoms with E-state index in [9.17, 15) is 9.59 Å². The Morgan fingerprint density at radius 1 is 1.31 bits per heavy atom. The topological polar surface area (TPSA) is 144 Å². The number of carboxylic acids is 1. The Bertz CT molecular complexity index is 1100. The van der Waals surface area contributed by atoms with Crippen LogP contribution in [0, 0.1) is 0 Å². The van der Waals surface area contributed by atoms with Gasteiger partial charge in [-0.25, -0.2) is 14.8 Å². The number of carbonyl (C=O) groups is 2. The second kappa shape index (κ2) is 9.62. The Hall–Kier alpha value is -3.70. The van der Waals surface area contributed by atoms with Gasteiger partial charge in [0.25, 0.3) is 5.91 Å². The Balaban J connectivity index is 1.50. The summed E-state index contributed by atoms with van der Waals surface area (Å²) in [5.41, 5.74) is 1.70. The molecule has 1 fully saturated rings.